The number of fused-ring (bicyclic) bond motifs is 1. The maximum absolute atomic E-state index is 10.9. The zero-order chi connectivity index (χ0) is 11.9. The number of rotatable bonds is 4. The molecule has 0 aromatic rings. The van der Waals surface area contributed by atoms with Gasteiger partial charge in [0.25, 0.3) is 0 Å². The van der Waals surface area contributed by atoms with E-state index in [1.165, 1.54) is 5.57 Å². The van der Waals surface area contributed by atoms with Crippen molar-refractivity contribution in [3.63, 3.8) is 0 Å². The molecule has 2 rings (SSSR count). The van der Waals surface area contributed by atoms with Gasteiger partial charge in [-0.2, -0.15) is 0 Å². The maximum Gasteiger partial charge on any atom is 0.303 e. The van der Waals surface area contributed by atoms with Crippen LogP contribution in [0.2, 0.25) is 0 Å². The summed E-state index contributed by atoms with van der Waals surface area (Å²) in [4.78, 5) is 10.9. The second-order valence-corrected chi connectivity index (χ2v) is 5.73. The number of hydrogen-bond acceptors (Lipinski definition) is 2. The van der Waals surface area contributed by atoms with Crippen LogP contribution >= 0.6 is 0 Å². The minimum absolute atomic E-state index is 0.146. The lowest BCUT2D eigenvalue weighted by molar-refractivity contribution is -0.144. The highest BCUT2D eigenvalue weighted by Gasteiger charge is 2.55. The van der Waals surface area contributed by atoms with Gasteiger partial charge in [0.2, 0.25) is 0 Å². The summed E-state index contributed by atoms with van der Waals surface area (Å²) < 4.78 is 0. The molecule has 0 heterocycles. The molecule has 3 N–H and O–H groups in total. The van der Waals surface area contributed by atoms with E-state index in [0.29, 0.717) is 24.3 Å². The quantitative estimate of drug-likeness (QED) is 0.717. The number of carboxylic acid groups (broad SMARTS) is 1. The second kappa shape index (κ2) is 3.88. The number of carbonyl (C=O) groups is 1. The Morgan fingerprint density at radius 1 is 1.69 bits per heavy atom. The van der Waals surface area contributed by atoms with Crippen LogP contribution in [0.1, 0.15) is 33.1 Å². The van der Waals surface area contributed by atoms with Crippen LogP contribution in [0, 0.1) is 23.2 Å². The third-order valence-electron chi connectivity index (χ3n) is 4.43. The molecule has 3 heteroatoms. The summed E-state index contributed by atoms with van der Waals surface area (Å²) in [6.45, 7) is 4.91. The number of nitrogens with two attached hydrogens (primary N) is 1. The Hall–Kier alpha value is -0.830. The standard InChI is InChI=1S/C13H21NO2/c1-8(2)9-3-10-5-13(7-14,6-12(15)16)11(10)4-9/h4,8,10-11H,3,5-7,14H2,1-2H3,(H,15,16)/t10-,11+,13+/m1/s1. The Balaban J connectivity index is 2.13. The largest absolute Gasteiger partial charge is 0.481 e. The monoisotopic (exact) mass is 223 g/mol. The van der Waals surface area contributed by atoms with Crippen LogP contribution in [-0.2, 0) is 4.79 Å². The van der Waals surface area contributed by atoms with E-state index < -0.39 is 5.97 Å². The molecule has 3 atom stereocenters. The van der Waals surface area contributed by atoms with E-state index in [9.17, 15) is 4.79 Å². The highest BCUT2D eigenvalue weighted by atomic mass is 16.4. The highest BCUT2D eigenvalue weighted by molar-refractivity contribution is 5.68. The third kappa shape index (κ3) is 1.67. The van der Waals surface area contributed by atoms with E-state index in [4.69, 9.17) is 10.8 Å². The summed E-state index contributed by atoms with van der Waals surface area (Å²) in [5, 5.41) is 8.96. The van der Waals surface area contributed by atoms with E-state index in [1.807, 2.05) is 0 Å². The Kier molecular flexibility index (Phi) is 2.82. The van der Waals surface area contributed by atoms with Crippen LogP contribution in [0.4, 0.5) is 0 Å². The van der Waals surface area contributed by atoms with Gasteiger partial charge in [0.15, 0.2) is 0 Å². The molecule has 0 aliphatic heterocycles. The Labute approximate surface area is 96.7 Å². The fourth-order valence-electron chi connectivity index (χ4n) is 3.45. The molecule has 2 aliphatic carbocycles. The number of hydrogen-bond donors (Lipinski definition) is 2. The van der Waals surface area contributed by atoms with E-state index in [0.717, 1.165) is 12.8 Å². The fraction of sp³-hybridized carbons (Fsp3) is 0.769. The second-order valence-electron chi connectivity index (χ2n) is 5.73. The van der Waals surface area contributed by atoms with Crippen molar-refractivity contribution in [3.05, 3.63) is 11.6 Å². The lowest BCUT2D eigenvalue weighted by Crippen LogP contribution is -2.51. The van der Waals surface area contributed by atoms with Gasteiger partial charge >= 0.3 is 5.97 Å². The van der Waals surface area contributed by atoms with Crippen molar-refractivity contribution in [3.8, 4) is 0 Å². The summed E-state index contributed by atoms with van der Waals surface area (Å²) in [7, 11) is 0. The molecule has 0 aromatic heterocycles. The normalized spacial score (nSPS) is 36.9. The van der Waals surface area contributed by atoms with Gasteiger partial charge in [-0.1, -0.05) is 25.5 Å². The van der Waals surface area contributed by atoms with Gasteiger partial charge in [0.05, 0.1) is 6.42 Å². The van der Waals surface area contributed by atoms with Crippen molar-refractivity contribution in [2.24, 2.45) is 28.9 Å². The van der Waals surface area contributed by atoms with Crippen LogP contribution in [0.5, 0.6) is 0 Å². The van der Waals surface area contributed by atoms with E-state index in [-0.39, 0.29) is 11.8 Å². The predicted molar refractivity (Wildman–Crippen MR) is 62.9 cm³/mol. The van der Waals surface area contributed by atoms with E-state index in [2.05, 4.69) is 19.9 Å². The number of aliphatic carboxylic acids is 1. The summed E-state index contributed by atoms with van der Waals surface area (Å²) >= 11 is 0. The minimum Gasteiger partial charge on any atom is -0.481 e. The SMILES string of the molecule is CC(C)C1=C[C@H]2[C@H](C1)C[C@@]2(CN)CC(=O)O. The first-order valence-corrected chi connectivity index (χ1v) is 6.11. The van der Waals surface area contributed by atoms with Crippen LogP contribution in [-0.4, -0.2) is 17.6 Å². The molecule has 1 saturated carbocycles. The Morgan fingerprint density at radius 2 is 2.38 bits per heavy atom. The van der Waals surface area contributed by atoms with Crippen LogP contribution in [0.25, 0.3) is 0 Å². The fourth-order valence-corrected chi connectivity index (χ4v) is 3.45. The van der Waals surface area contributed by atoms with E-state index in [1.54, 1.807) is 0 Å². The summed E-state index contributed by atoms with van der Waals surface area (Å²) in [6.07, 6.45) is 4.69. The van der Waals surface area contributed by atoms with Crippen molar-refractivity contribution in [1.29, 1.82) is 0 Å². The molecular weight excluding hydrogens is 202 g/mol. The van der Waals surface area contributed by atoms with Gasteiger partial charge in [-0.25, -0.2) is 0 Å². The molecule has 1 fully saturated rings. The Morgan fingerprint density at radius 3 is 2.88 bits per heavy atom. The van der Waals surface area contributed by atoms with Gasteiger partial charge in [-0.15, -0.1) is 0 Å². The molecule has 0 amide bonds. The third-order valence-corrected chi connectivity index (χ3v) is 4.43. The average molecular weight is 223 g/mol. The molecule has 0 aromatic carbocycles. The van der Waals surface area contributed by atoms with Gasteiger partial charge in [0.1, 0.15) is 0 Å². The molecule has 2 aliphatic rings. The molecule has 0 saturated heterocycles. The molecular formula is C13H21NO2. The van der Waals surface area contributed by atoms with Crippen molar-refractivity contribution >= 4 is 5.97 Å². The summed E-state index contributed by atoms with van der Waals surface area (Å²) in [5.41, 5.74) is 7.15. The first-order chi connectivity index (χ1) is 7.48. The van der Waals surface area contributed by atoms with Crippen LogP contribution in [0.3, 0.4) is 0 Å². The van der Waals surface area contributed by atoms with Crippen molar-refractivity contribution in [1.82, 2.24) is 0 Å². The Bertz CT molecular complexity index is 335. The van der Waals surface area contributed by atoms with E-state index >= 15 is 0 Å². The van der Waals surface area contributed by atoms with Gasteiger partial charge in [-0.05, 0) is 42.6 Å². The predicted octanol–water partition coefficient (Wildman–Crippen LogP) is 2.03. The number of carboxylic acids is 1. The van der Waals surface area contributed by atoms with Gasteiger partial charge < -0.3 is 10.8 Å². The highest BCUT2D eigenvalue weighted by Crippen LogP contribution is 2.59. The molecule has 0 unspecified atom stereocenters. The van der Waals surface area contributed by atoms with Crippen LogP contribution in [0.15, 0.2) is 11.6 Å². The summed E-state index contributed by atoms with van der Waals surface area (Å²) in [5.74, 6) is 0.965. The molecule has 0 spiro atoms. The minimum atomic E-state index is -0.713. The van der Waals surface area contributed by atoms with Gasteiger partial charge in [-0.3, -0.25) is 4.79 Å². The lowest BCUT2D eigenvalue weighted by atomic mass is 9.53. The molecule has 3 nitrogen and oxygen atoms in total. The lowest BCUT2D eigenvalue weighted by Gasteiger charge is -2.51. The van der Waals surface area contributed by atoms with Gasteiger partial charge in [0, 0.05) is 0 Å². The zero-order valence-corrected chi connectivity index (χ0v) is 10.1. The first-order valence-electron chi connectivity index (χ1n) is 6.11. The average Bonchev–Trinajstić information content (AvgIpc) is 2.53. The molecule has 0 bridgehead atoms. The molecule has 16 heavy (non-hydrogen) atoms. The van der Waals surface area contributed by atoms with Crippen molar-refractivity contribution in [2.75, 3.05) is 6.54 Å². The zero-order valence-electron chi connectivity index (χ0n) is 10.1. The number of allylic oxidation sites excluding steroid dienone is 2. The molecule has 0 radical (unpaired) electrons. The van der Waals surface area contributed by atoms with Crippen LogP contribution < -0.4 is 5.73 Å². The van der Waals surface area contributed by atoms with Crippen molar-refractivity contribution in [2.45, 2.75) is 33.1 Å². The smallest absolute Gasteiger partial charge is 0.303 e. The summed E-state index contributed by atoms with van der Waals surface area (Å²) in [6, 6.07) is 0. The first kappa shape index (κ1) is 11.6. The topological polar surface area (TPSA) is 63.3 Å². The molecule has 90 valence electrons. The maximum atomic E-state index is 10.9. The van der Waals surface area contributed by atoms with Crippen molar-refractivity contribution < 1.29 is 9.90 Å².